The van der Waals surface area contributed by atoms with Gasteiger partial charge in [-0.3, -0.25) is 14.9 Å². The minimum absolute atomic E-state index is 0.104. The molecule has 2 aromatic rings. The zero-order valence-electron chi connectivity index (χ0n) is 19.6. The van der Waals surface area contributed by atoms with Crippen molar-refractivity contribution in [1.29, 1.82) is 0 Å². The number of nitro benzene ring substituents is 1. The number of hydrogen-bond donors (Lipinski definition) is 4. The van der Waals surface area contributed by atoms with Gasteiger partial charge in [-0.25, -0.2) is 10.2 Å². The Morgan fingerprint density at radius 3 is 2.78 bits per heavy atom. The summed E-state index contributed by atoms with van der Waals surface area (Å²) in [5, 5.41) is 30.8. The fraction of sp³-hybridized carbons (Fsp3) is 0.217. The Hall–Kier alpha value is -4.04. The van der Waals surface area contributed by atoms with Crippen LogP contribution in [-0.2, 0) is 14.3 Å². The van der Waals surface area contributed by atoms with Gasteiger partial charge in [0.05, 0.1) is 33.8 Å². The molecule has 0 aromatic heterocycles. The fourth-order valence-electron chi connectivity index (χ4n) is 3.43. The first-order valence-electron chi connectivity index (χ1n) is 10.8. The number of esters is 1. The lowest BCUT2D eigenvalue weighted by Gasteiger charge is -2.30. The third-order valence-electron chi connectivity index (χ3n) is 5.02. The van der Waals surface area contributed by atoms with Crippen LogP contribution in [0.25, 0.3) is 0 Å². The highest BCUT2D eigenvalue weighted by Crippen LogP contribution is 2.35. The fourth-order valence-corrected chi connectivity index (χ4v) is 4.17. The number of thiocarbonyl (C=S) groups is 1. The number of amides is 1. The minimum atomic E-state index is -0.741. The van der Waals surface area contributed by atoms with Gasteiger partial charge in [0.2, 0.25) is 5.75 Å². The number of nitrogens with zero attached hydrogens (tertiary/aromatic N) is 2. The molecule has 194 valence electrons. The van der Waals surface area contributed by atoms with E-state index in [0.717, 1.165) is 6.07 Å². The summed E-state index contributed by atoms with van der Waals surface area (Å²) in [5.74, 6) is -1.31. The van der Waals surface area contributed by atoms with Crippen molar-refractivity contribution >= 4 is 57.0 Å². The van der Waals surface area contributed by atoms with Crippen molar-refractivity contribution in [2.75, 3.05) is 13.2 Å². The predicted octanol–water partition coefficient (Wildman–Crippen LogP) is 2.95. The number of allylic oxidation sites excluding steroid dienone is 1. The van der Waals surface area contributed by atoms with Crippen LogP contribution in [-0.4, -0.2) is 46.4 Å². The summed E-state index contributed by atoms with van der Waals surface area (Å²) in [6, 6.07) is 8.68. The average molecular weight is 592 g/mol. The second-order valence-corrected chi connectivity index (χ2v) is 8.80. The number of carbonyl (C=O) groups excluding carboxylic acids is 2. The van der Waals surface area contributed by atoms with Gasteiger partial charge in [-0.1, -0.05) is 18.2 Å². The molecule has 1 atom stereocenters. The molecule has 14 heteroatoms. The van der Waals surface area contributed by atoms with E-state index in [1.54, 1.807) is 38.1 Å². The summed E-state index contributed by atoms with van der Waals surface area (Å²) >= 11 is 8.29. The Balaban J connectivity index is 1.72. The van der Waals surface area contributed by atoms with Gasteiger partial charge in [-0.05, 0) is 54.1 Å². The van der Waals surface area contributed by atoms with Crippen molar-refractivity contribution < 1.29 is 29.1 Å². The van der Waals surface area contributed by atoms with Gasteiger partial charge >= 0.3 is 11.7 Å². The first-order chi connectivity index (χ1) is 17.6. The number of aromatic hydroxyl groups is 1. The summed E-state index contributed by atoms with van der Waals surface area (Å²) in [7, 11) is 0. The molecule has 0 bridgehead atoms. The highest BCUT2D eigenvalue weighted by molar-refractivity contribution is 9.10. The van der Waals surface area contributed by atoms with E-state index in [-0.39, 0.29) is 16.6 Å². The largest absolute Gasteiger partial charge is 0.501 e. The maximum Gasteiger partial charge on any atom is 0.338 e. The number of hydrogen-bond acceptors (Lipinski definition) is 9. The molecule has 0 unspecified atom stereocenters. The lowest BCUT2D eigenvalue weighted by Crippen LogP contribution is -2.45. The quantitative estimate of drug-likeness (QED) is 0.112. The molecule has 0 radical (unpaired) electrons. The molecular formula is C23H22BrN5O7S. The molecule has 0 aliphatic carbocycles. The molecule has 0 saturated carbocycles. The van der Waals surface area contributed by atoms with E-state index in [9.17, 15) is 24.8 Å². The standard InChI is InChI=1S/C23H22BrN5O7S/c1-3-35-22(32)19-12(2)26-23(37)27-20(19)14-6-4-5-7-17(14)36-11-18(30)28-25-10-13-8-15(24)21(31)16(9-13)29(33)34/h4-10,20,31H,3,11H2,1-2H3,(H,28,30)(H2,26,27,37)/t20-/m1/s1. The maximum atomic E-state index is 12.6. The van der Waals surface area contributed by atoms with Crippen LogP contribution in [0.5, 0.6) is 11.5 Å². The smallest absolute Gasteiger partial charge is 0.338 e. The molecule has 3 rings (SSSR count). The van der Waals surface area contributed by atoms with Gasteiger partial charge in [-0.15, -0.1) is 0 Å². The van der Waals surface area contributed by atoms with E-state index >= 15 is 0 Å². The van der Waals surface area contributed by atoms with Gasteiger partial charge in [-0.2, -0.15) is 5.10 Å². The highest BCUT2D eigenvalue weighted by Gasteiger charge is 2.32. The van der Waals surface area contributed by atoms with Crippen LogP contribution in [0.4, 0.5) is 5.69 Å². The van der Waals surface area contributed by atoms with Crippen LogP contribution < -0.4 is 20.8 Å². The normalized spacial score (nSPS) is 15.1. The maximum absolute atomic E-state index is 12.6. The van der Waals surface area contributed by atoms with E-state index in [0.29, 0.717) is 27.7 Å². The van der Waals surface area contributed by atoms with E-state index in [4.69, 9.17) is 21.7 Å². The van der Waals surface area contributed by atoms with E-state index in [2.05, 4.69) is 37.1 Å². The Labute approximate surface area is 225 Å². The molecule has 4 N–H and O–H groups in total. The summed E-state index contributed by atoms with van der Waals surface area (Å²) in [4.78, 5) is 35.3. The Bertz CT molecular complexity index is 1310. The summed E-state index contributed by atoms with van der Waals surface area (Å²) < 4.78 is 11.0. The predicted molar refractivity (Wildman–Crippen MR) is 141 cm³/mol. The minimum Gasteiger partial charge on any atom is -0.501 e. The Morgan fingerprint density at radius 2 is 2.08 bits per heavy atom. The molecule has 0 saturated heterocycles. The Kier molecular flexibility index (Phi) is 9.14. The van der Waals surface area contributed by atoms with Crippen molar-refractivity contribution in [3.05, 3.63) is 73.4 Å². The number of hydrazone groups is 1. The van der Waals surface area contributed by atoms with Gasteiger partial charge in [0.25, 0.3) is 5.91 Å². The second kappa shape index (κ2) is 12.3. The van der Waals surface area contributed by atoms with E-state index in [1.807, 2.05) is 0 Å². The third-order valence-corrected chi connectivity index (χ3v) is 5.84. The van der Waals surface area contributed by atoms with Crippen LogP contribution in [0.15, 0.2) is 57.2 Å². The highest BCUT2D eigenvalue weighted by atomic mass is 79.9. The van der Waals surface area contributed by atoms with Crippen molar-refractivity contribution in [3.8, 4) is 11.5 Å². The SMILES string of the molecule is CCOC(=O)C1=C(C)NC(=S)N[C@@H]1c1ccccc1OCC(=O)NN=Cc1cc(Br)c(O)c([N+](=O)[O-])c1. The first kappa shape index (κ1) is 27.5. The molecular weight excluding hydrogens is 570 g/mol. The van der Waals surface area contributed by atoms with Crippen LogP contribution >= 0.6 is 28.1 Å². The molecule has 0 spiro atoms. The van der Waals surface area contributed by atoms with Gasteiger partial charge < -0.3 is 25.2 Å². The van der Waals surface area contributed by atoms with E-state index in [1.165, 1.54) is 12.3 Å². The molecule has 2 aromatic carbocycles. The second-order valence-electron chi connectivity index (χ2n) is 7.54. The van der Waals surface area contributed by atoms with Crippen LogP contribution in [0, 0.1) is 10.1 Å². The number of nitrogens with one attached hydrogen (secondary N) is 3. The zero-order valence-corrected chi connectivity index (χ0v) is 22.0. The third kappa shape index (κ3) is 6.80. The van der Waals surface area contributed by atoms with Crippen LogP contribution in [0.3, 0.4) is 0 Å². The number of ether oxygens (including phenoxy) is 2. The lowest BCUT2D eigenvalue weighted by atomic mass is 9.95. The number of phenols is 1. The number of benzene rings is 2. The van der Waals surface area contributed by atoms with E-state index < -0.39 is 40.9 Å². The molecule has 1 amide bonds. The monoisotopic (exact) mass is 591 g/mol. The lowest BCUT2D eigenvalue weighted by molar-refractivity contribution is -0.386. The summed E-state index contributed by atoms with van der Waals surface area (Å²) in [5.41, 5.74) is 3.45. The Morgan fingerprint density at radius 1 is 1.35 bits per heavy atom. The van der Waals surface area contributed by atoms with Crippen molar-refractivity contribution in [2.24, 2.45) is 5.10 Å². The molecule has 1 heterocycles. The van der Waals surface area contributed by atoms with Gasteiger partial charge in [0.1, 0.15) is 5.75 Å². The number of halogens is 1. The molecule has 12 nitrogen and oxygen atoms in total. The molecule has 1 aliphatic heterocycles. The van der Waals surface area contributed by atoms with Crippen LogP contribution in [0.1, 0.15) is 31.0 Å². The zero-order chi connectivity index (χ0) is 27.1. The number of nitro groups is 1. The average Bonchev–Trinajstić information content (AvgIpc) is 2.84. The first-order valence-corrected chi connectivity index (χ1v) is 12.0. The number of para-hydroxylation sites is 1. The number of carbonyl (C=O) groups is 2. The van der Waals surface area contributed by atoms with Crippen molar-refractivity contribution in [1.82, 2.24) is 16.1 Å². The molecule has 37 heavy (non-hydrogen) atoms. The number of phenolic OH excluding ortho intramolecular Hbond substituents is 1. The van der Waals surface area contributed by atoms with Crippen molar-refractivity contribution in [3.63, 3.8) is 0 Å². The van der Waals surface area contributed by atoms with Gasteiger partial charge in [0, 0.05) is 22.9 Å². The number of rotatable bonds is 9. The summed E-state index contributed by atoms with van der Waals surface area (Å²) in [6.45, 7) is 3.19. The van der Waals surface area contributed by atoms with Crippen LogP contribution in [0.2, 0.25) is 0 Å². The topological polar surface area (TPSA) is 164 Å². The molecule has 1 aliphatic rings. The van der Waals surface area contributed by atoms with Gasteiger partial charge in [0.15, 0.2) is 11.7 Å². The summed E-state index contributed by atoms with van der Waals surface area (Å²) in [6.07, 6.45) is 1.18. The van der Waals surface area contributed by atoms with Crippen molar-refractivity contribution in [2.45, 2.75) is 19.9 Å². The molecule has 0 fully saturated rings.